The van der Waals surface area contributed by atoms with Crippen molar-refractivity contribution >= 4 is 0 Å². The van der Waals surface area contributed by atoms with Crippen LogP contribution < -0.4 is 5.32 Å². The molecule has 1 aliphatic rings. The lowest BCUT2D eigenvalue weighted by atomic mass is 9.75. The highest BCUT2D eigenvalue weighted by Gasteiger charge is 2.27. The minimum Gasteiger partial charge on any atom is -0.383 e. The number of aromatic nitrogens is 3. The topological polar surface area (TPSA) is 52.0 Å². The zero-order valence-corrected chi connectivity index (χ0v) is 13.1. The first kappa shape index (κ1) is 15.4. The zero-order chi connectivity index (χ0) is 14.4. The lowest BCUT2D eigenvalue weighted by Gasteiger charge is -2.35. The predicted molar refractivity (Wildman–Crippen MR) is 79.6 cm³/mol. The average Bonchev–Trinajstić information content (AvgIpc) is 2.83. The van der Waals surface area contributed by atoms with Gasteiger partial charge in [-0.1, -0.05) is 20.3 Å². The lowest BCUT2D eigenvalue weighted by Crippen LogP contribution is -2.38. The minimum atomic E-state index is 0.494. The largest absolute Gasteiger partial charge is 0.383 e. The van der Waals surface area contributed by atoms with E-state index in [0.717, 1.165) is 25.3 Å². The molecule has 1 N–H and O–H groups in total. The molecule has 0 spiro atoms. The molecule has 0 unspecified atom stereocenters. The van der Waals surface area contributed by atoms with Gasteiger partial charge in [0.05, 0.1) is 6.61 Å². The van der Waals surface area contributed by atoms with E-state index in [4.69, 9.17) is 4.74 Å². The quantitative estimate of drug-likeness (QED) is 0.830. The second-order valence-electron chi connectivity index (χ2n) is 6.59. The number of nitrogens with one attached hydrogen (secondary N) is 1. The van der Waals surface area contributed by atoms with Crippen molar-refractivity contribution in [2.45, 2.75) is 58.5 Å². The van der Waals surface area contributed by atoms with Crippen LogP contribution in [0.4, 0.5) is 0 Å². The molecule has 0 saturated heterocycles. The molecule has 0 aliphatic heterocycles. The summed E-state index contributed by atoms with van der Waals surface area (Å²) in [6.45, 7) is 7.27. The molecular formula is C15H28N4O. The fourth-order valence-corrected chi connectivity index (χ4v) is 3.11. The SMILES string of the molecule is COCCn1cnnc1CCN[C@@H]1CCCC(C)(C)C1. The number of hydrogen-bond donors (Lipinski definition) is 1. The molecule has 1 aliphatic carbocycles. The third kappa shape index (κ3) is 4.56. The van der Waals surface area contributed by atoms with E-state index < -0.39 is 0 Å². The Kier molecular flexibility index (Phi) is 5.54. The van der Waals surface area contributed by atoms with Crippen molar-refractivity contribution in [1.29, 1.82) is 0 Å². The third-order valence-electron chi connectivity index (χ3n) is 4.22. The van der Waals surface area contributed by atoms with Crippen molar-refractivity contribution in [1.82, 2.24) is 20.1 Å². The molecular weight excluding hydrogens is 252 g/mol. The second-order valence-corrected chi connectivity index (χ2v) is 6.59. The van der Waals surface area contributed by atoms with E-state index in [9.17, 15) is 0 Å². The molecule has 1 aromatic heterocycles. The van der Waals surface area contributed by atoms with Crippen molar-refractivity contribution in [3.05, 3.63) is 12.2 Å². The maximum atomic E-state index is 5.10. The summed E-state index contributed by atoms with van der Waals surface area (Å²) in [5, 5.41) is 11.9. The molecule has 0 aromatic carbocycles. The van der Waals surface area contributed by atoms with Crippen LogP contribution >= 0.6 is 0 Å². The predicted octanol–water partition coefficient (Wildman–Crippen LogP) is 2.03. The van der Waals surface area contributed by atoms with Crippen LogP contribution in [0.1, 0.15) is 45.4 Å². The van der Waals surface area contributed by atoms with E-state index in [0.29, 0.717) is 18.1 Å². The van der Waals surface area contributed by atoms with Crippen molar-refractivity contribution in [2.24, 2.45) is 5.41 Å². The zero-order valence-electron chi connectivity index (χ0n) is 13.1. The van der Waals surface area contributed by atoms with E-state index in [1.807, 2.05) is 0 Å². The van der Waals surface area contributed by atoms with Gasteiger partial charge in [0, 0.05) is 32.7 Å². The van der Waals surface area contributed by atoms with Crippen molar-refractivity contribution in [3.63, 3.8) is 0 Å². The molecule has 1 saturated carbocycles. The number of nitrogens with zero attached hydrogens (tertiary/aromatic N) is 3. The first-order valence-corrected chi connectivity index (χ1v) is 7.70. The summed E-state index contributed by atoms with van der Waals surface area (Å²) in [7, 11) is 1.72. The molecule has 1 fully saturated rings. The van der Waals surface area contributed by atoms with Crippen LogP contribution in [0, 0.1) is 5.41 Å². The summed E-state index contributed by atoms with van der Waals surface area (Å²) < 4.78 is 7.18. The number of hydrogen-bond acceptors (Lipinski definition) is 4. The minimum absolute atomic E-state index is 0.494. The Labute approximate surface area is 122 Å². The van der Waals surface area contributed by atoms with Gasteiger partial charge in [-0.15, -0.1) is 10.2 Å². The normalized spacial score (nSPS) is 22.1. The van der Waals surface area contributed by atoms with Gasteiger partial charge in [0.2, 0.25) is 0 Å². The first-order valence-electron chi connectivity index (χ1n) is 7.70. The molecule has 1 aromatic rings. The summed E-state index contributed by atoms with van der Waals surface area (Å²) in [5.41, 5.74) is 0.494. The number of methoxy groups -OCH3 is 1. The van der Waals surface area contributed by atoms with Gasteiger partial charge in [0.1, 0.15) is 12.2 Å². The van der Waals surface area contributed by atoms with Crippen LogP contribution in [0.15, 0.2) is 6.33 Å². The Morgan fingerprint density at radius 3 is 3.10 bits per heavy atom. The average molecular weight is 280 g/mol. The van der Waals surface area contributed by atoms with Gasteiger partial charge >= 0.3 is 0 Å². The van der Waals surface area contributed by atoms with Crippen molar-refractivity contribution < 1.29 is 4.74 Å². The maximum absolute atomic E-state index is 5.10. The Morgan fingerprint density at radius 1 is 1.50 bits per heavy atom. The standard InChI is InChI=1S/C15H28N4O/c1-15(2)7-4-5-13(11-15)16-8-6-14-18-17-12-19(14)9-10-20-3/h12-13,16H,4-11H2,1-3H3/t13-/m1/s1. The van der Waals surface area contributed by atoms with E-state index in [-0.39, 0.29) is 0 Å². The lowest BCUT2D eigenvalue weighted by molar-refractivity contribution is 0.185. The van der Waals surface area contributed by atoms with Crippen molar-refractivity contribution in [3.8, 4) is 0 Å². The number of ether oxygens (including phenoxy) is 1. The molecule has 5 nitrogen and oxygen atoms in total. The first-order chi connectivity index (χ1) is 9.61. The molecule has 1 atom stereocenters. The van der Waals surface area contributed by atoms with Crippen LogP contribution in [0.5, 0.6) is 0 Å². The van der Waals surface area contributed by atoms with E-state index in [1.54, 1.807) is 13.4 Å². The monoisotopic (exact) mass is 280 g/mol. The molecule has 0 radical (unpaired) electrons. The van der Waals surface area contributed by atoms with Crippen molar-refractivity contribution in [2.75, 3.05) is 20.3 Å². The molecule has 1 heterocycles. The van der Waals surface area contributed by atoms with Gasteiger partial charge in [-0.25, -0.2) is 0 Å². The van der Waals surface area contributed by atoms with Gasteiger partial charge in [-0.2, -0.15) is 0 Å². The Bertz CT molecular complexity index is 402. The molecule has 20 heavy (non-hydrogen) atoms. The van der Waals surface area contributed by atoms with Crippen LogP contribution in [-0.4, -0.2) is 41.1 Å². The highest BCUT2D eigenvalue weighted by Crippen LogP contribution is 2.34. The van der Waals surface area contributed by atoms with Crippen LogP contribution in [0.25, 0.3) is 0 Å². The van der Waals surface area contributed by atoms with Gasteiger partial charge in [-0.05, 0) is 24.7 Å². The smallest absolute Gasteiger partial charge is 0.134 e. The fourth-order valence-electron chi connectivity index (χ4n) is 3.11. The molecule has 114 valence electrons. The Hall–Kier alpha value is -0.940. The van der Waals surface area contributed by atoms with Gasteiger partial charge in [0.15, 0.2) is 0 Å². The summed E-state index contributed by atoms with van der Waals surface area (Å²) in [6.07, 6.45) is 8.01. The van der Waals surface area contributed by atoms with E-state index in [1.165, 1.54) is 25.7 Å². The third-order valence-corrected chi connectivity index (χ3v) is 4.22. The van der Waals surface area contributed by atoms with Gasteiger partial charge < -0.3 is 14.6 Å². The Morgan fingerprint density at radius 2 is 2.35 bits per heavy atom. The summed E-state index contributed by atoms with van der Waals surface area (Å²) >= 11 is 0. The Balaban J connectivity index is 1.74. The van der Waals surface area contributed by atoms with E-state index in [2.05, 4.69) is 33.9 Å². The highest BCUT2D eigenvalue weighted by atomic mass is 16.5. The molecule has 0 amide bonds. The molecule has 2 rings (SSSR count). The fraction of sp³-hybridized carbons (Fsp3) is 0.867. The highest BCUT2D eigenvalue weighted by molar-refractivity contribution is 4.88. The molecule has 5 heteroatoms. The van der Waals surface area contributed by atoms with E-state index >= 15 is 0 Å². The maximum Gasteiger partial charge on any atom is 0.134 e. The summed E-state index contributed by atoms with van der Waals surface area (Å²) in [5.74, 6) is 1.05. The van der Waals surface area contributed by atoms with Gasteiger partial charge in [-0.3, -0.25) is 0 Å². The van der Waals surface area contributed by atoms with Gasteiger partial charge in [0.25, 0.3) is 0 Å². The second kappa shape index (κ2) is 7.18. The van der Waals surface area contributed by atoms with Crippen LogP contribution in [-0.2, 0) is 17.7 Å². The van der Waals surface area contributed by atoms with Crippen LogP contribution in [0.2, 0.25) is 0 Å². The van der Waals surface area contributed by atoms with Crippen LogP contribution in [0.3, 0.4) is 0 Å². The number of rotatable bonds is 7. The summed E-state index contributed by atoms with van der Waals surface area (Å²) in [6, 6.07) is 0.661. The summed E-state index contributed by atoms with van der Waals surface area (Å²) in [4.78, 5) is 0. The molecule has 0 bridgehead atoms.